The lowest BCUT2D eigenvalue weighted by molar-refractivity contribution is 0.415. The van der Waals surface area contributed by atoms with Crippen LogP contribution in [0.4, 0.5) is 0 Å². The molecule has 2 aromatic heterocycles. The van der Waals surface area contributed by atoms with E-state index >= 15 is 0 Å². The molecule has 0 aliphatic rings. The maximum atomic E-state index is 6.03. The number of methoxy groups -OCH3 is 1. The highest BCUT2D eigenvalue weighted by atomic mass is 35.5. The minimum Gasteiger partial charge on any atom is -0.497 e. The van der Waals surface area contributed by atoms with E-state index in [9.17, 15) is 0 Å². The Hall–Kier alpha value is -2.78. The van der Waals surface area contributed by atoms with Gasteiger partial charge in [0.1, 0.15) is 11.4 Å². The van der Waals surface area contributed by atoms with Crippen molar-refractivity contribution in [1.82, 2.24) is 9.38 Å². The topological polar surface area (TPSA) is 26.5 Å². The monoisotopic (exact) mass is 334 g/mol. The first-order valence-electron chi connectivity index (χ1n) is 7.62. The fourth-order valence-electron chi connectivity index (χ4n) is 2.72. The van der Waals surface area contributed by atoms with Gasteiger partial charge in [-0.05, 0) is 35.4 Å². The molecule has 4 aromatic rings. The molecule has 0 aliphatic heterocycles. The molecule has 2 aromatic carbocycles. The Morgan fingerprint density at radius 2 is 1.42 bits per heavy atom. The molecule has 0 bridgehead atoms. The van der Waals surface area contributed by atoms with E-state index in [2.05, 4.69) is 41.4 Å². The van der Waals surface area contributed by atoms with Gasteiger partial charge in [0.05, 0.1) is 17.8 Å². The summed E-state index contributed by atoms with van der Waals surface area (Å²) < 4.78 is 7.14. The fourth-order valence-corrected chi connectivity index (χ4v) is 2.89. The van der Waals surface area contributed by atoms with E-state index in [1.54, 1.807) is 7.11 Å². The van der Waals surface area contributed by atoms with Crippen molar-refractivity contribution in [2.45, 2.75) is 0 Å². The van der Waals surface area contributed by atoms with Crippen molar-refractivity contribution in [2.75, 3.05) is 7.11 Å². The highest BCUT2D eigenvalue weighted by Crippen LogP contribution is 2.26. The smallest absolute Gasteiger partial charge is 0.137 e. The summed E-state index contributed by atoms with van der Waals surface area (Å²) in [5.41, 5.74) is 5.21. The molecule has 2 heterocycles. The number of nitrogens with zero attached hydrogens (tertiary/aromatic N) is 2. The maximum Gasteiger partial charge on any atom is 0.137 e. The molecule has 0 saturated carbocycles. The van der Waals surface area contributed by atoms with Crippen molar-refractivity contribution >= 4 is 17.2 Å². The van der Waals surface area contributed by atoms with Crippen LogP contribution >= 0.6 is 11.6 Å². The molecule has 0 radical (unpaired) electrons. The fraction of sp³-hybridized carbons (Fsp3) is 0.0500. The predicted molar refractivity (Wildman–Crippen MR) is 97.6 cm³/mol. The third kappa shape index (κ3) is 2.74. The Balaban J connectivity index is 1.66. The summed E-state index contributed by atoms with van der Waals surface area (Å²) in [6.45, 7) is 0. The van der Waals surface area contributed by atoms with Gasteiger partial charge in [-0.3, -0.25) is 0 Å². The molecule has 0 fully saturated rings. The van der Waals surface area contributed by atoms with Gasteiger partial charge in [-0.1, -0.05) is 48.0 Å². The van der Waals surface area contributed by atoms with Gasteiger partial charge >= 0.3 is 0 Å². The number of fused-ring (bicyclic) bond motifs is 1. The number of rotatable bonds is 3. The quantitative estimate of drug-likeness (QED) is 0.506. The highest BCUT2D eigenvalue weighted by molar-refractivity contribution is 6.30. The van der Waals surface area contributed by atoms with E-state index in [1.807, 2.05) is 41.1 Å². The zero-order valence-corrected chi connectivity index (χ0v) is 13.9. The van der Waals surface area contributed by atoms with E-state index in [-0.39, 0.29) is 0 Å². The number of pyridine rings is 1. The molecule has 0 saturated heterocycles. The summed E-state index contributed by atoms with van der Waals surface area (Å²) in [7, 11) is 1.67. The number of imidazole rings is 1. The first-order valence-corrected chi connectivity index (χ1v) is 8.00. The molecule has 3 nitrogen and oxygen atoms in total. The van der Waals surface area contributed by atoms with Crippen LogP contribution in [0.2, 0.25) is 5.02 Å². The van der Waals surface area contributed by atoms with Crippen LogP contribution in [0.15, 0.2) is 73.1 Å². The Bertz CT molecular complexity index is 989. The van der Waals surface area contributed by atoms with E-state index in [0.29, 0.717) is 5.02 Å². The number of ether oxygens (including phenoxy) is 1. The van der Waals surface area contributed by atoms with E-state index in [4.69, 9.17) is 16.3 Å². The minimum absolute atomic E-state index is 0.696. The molecule has 0 amide bonds. The molecule has 0 atom stereocenters. The number of benzene rings is 2. The second-order valence-electron chi connectivity index (χ2n) is 5.54. The van der Waals surface area contributed by atoms with Crippen molar-refractivity contribution in [1.29, 1.82) is 0 Å². The average Bonchev–Trinajstić information content (AvgIpc) is 3.05. The lowest BCUT2D eigenvalue weighted by Crippen LogP contribution is -1.83. The van der Waals surface area contributed by atoms with Crippen molar-refractivity contribution < 1.29 is 4.74 Å². The summed E-state index contributed by atoms with van der Waals surface area (Å²) >= 11 is 6.03. The summed E-state index contributed by atoms with van der Waals surface area (Å²) in [6.07, 6.45) is 3.85. The lowest BCUT2D eigenvalue weighted by atomic mass is 10.0. The average molecular weight is 335 g/mol. The van der Waals surface area contributed by atoms with Gasteiger partial charge in [0, 0.05) is 18.0 Å². The van der Waals surface area contributed by atoms with Crippen LogP contribution in [0, 0.1) is 0 Å². The Kier molecular flexibility index (Phi) is 3.71. The van der Waals surface area contributed by atoms with Crippen LogP contribution in [-0.4, -0.2) is 16.5 Å². The van der Waals surface area contributed by atoms with Gasteiger partial charge in [0.2, 0.25) is 0 Å². The Morgan fingerprint density at radius 1 is 0.792 bits per heavy atom. The van der Waals surface area contributed by atoms with Crippen LogP contribution in [0.5, 0.6) is 5.75 Å². The predicted octanol–water partition coefficient (Wildman–Crippen LogP) is 5.33. The summed E-state index contributed by atoms with van der Waals surface area (Å²) in [4.78, 5) is 4.64. The number of hydrogen-bond acceptors (Lipinski definition) is 2. The van der Waals surface area contributed by atoms with E-state index in [0.717, 1.165) is 33.8 Å². The first kappa shape index (κ1) is 14.8. The number of halogens is 1. The SMILES string of the molecule is COc1ccc(-c2ccc(-c3cn4cc(Cl)ccc4n3)cc2)cc1. The normalized spacial score (nSPS) is 10.9. The molecular weight excluding hydrogens is 320 g/mol. The zero-order chi connectivity index (χ0) is 16.5. The van der Waals surface area contributed by atoms with Crippen molar-refractivity contribution in [3.05, 3.63) is 78.1 Å². The van der Waals surface area contributed by atoms with Gasteiger partial charge in [-0.25, -0.2) is 4.98 Å². The van der Waals surface area contributed by atoms with E-state index in [1.165, 1.54) is 0 Å². The van der Waals surface area contributed by atoms with Crippen LogP contribution in [0.1, 0.15) is 0 Å². The molecule has 4 rings (SSSR count). The second kappa shape index (κ2) is 6.02. The molecule has 0 N–H and O–H groups in total. The van der Waals surface area contributed by atoms with Gasteiger partial charge < -0.3 is 9.14 Å². The molecule has 118 valence electrons. The lowest BCUT2D eigenvalue weighted by Gasteiger charge is -2.04. The molecular formula is C20H15ClN2O. The summed E-state index contributed by atoms with van der Waals surface area (Å²) in [6, 6.07) is 20.2. The van der Waals surface area contributed by atoms with Crippen LogP contribution in [-0.2, 0) is 0 Å². The van der Waals surface area contributed by atoms with Crippen molar-refractivity contribution in [3.8, 4) is 28.1 Å². The van der Waals surface area contributed by atoms with Crippen molar-refractivity contribution in [2.24, 2.45) is 0 Å². The van der Waals surface area contributed by atoms with Gasteiger partial charge in [-0.2, -0.15) is 0 Å². The Morgan fingerprint density at radius 3 is 2.08 bits per heavy atom. The largest absolute Gasteiger partial charge is 0.497 e. The van der Waals surface area contributed by atoms with Crippen molar-refractivity contribution in [3.63, 3.8) is 0 Å². The molecule has 24 heavy (non-hydrogen) atoms. The second-order valence-corrected chi connectivity index (χ2v) is 5.98. The highest BCUT2D eigenvalue weighted by Gasteiger charge is 2.05. The van der Waals surface area contributed by atoms with Gasteiger partial charge in [0.25, 0.3) is 0 Å². The van der Waals surface area contributed by atoms with Crippen LogP contribution < -0.4 is 4.74 Å². The maximum absolute atomic E-state index is 6.03. The van der Waals surface area contributed by atoms with Crippen LogP contribution in [0.3, 0.4) is 0 Å². The Labute approximate surface area is 145 Å². The van der Waals surface area contributed by atoms with E-state index < -0.39 is 0 Å². The molecule has 4 heteroatoms. The van der Waals surface area contributed by atoms with Crippen LogP contribution in [0.25, 0.3) is 28.0 Å². The number of aromatic nitrogens is 2. The van der Waals surface area contributed by atoms with Gasteiger partial charge in [0.15, 0.2) is 0 Å². The number of hydrogen-bond donors (Lipinski definition) is 0. The third-order valence-electron chi connectivity index (χ3n) is 4.02. The van der Waals surface area contributed by atoms with Gasteiger partial charge in [-0.15, -0.1) is 0 Å². The molecule has 0 spiro atoms. The molecule has 0 aliphatic carbocycles. The third-order valence-corrected chi connectivity index (χ3v) is 4.24. The minimum atomic E-state index is 0.696. The zero-order valence-electron chi connectivity index (χ0n) is 13.1. The molecule has 0 unspecified atom stereocenters. The first-order chi connectivity index (χ1) is 11.7. The summed E-state index contributed by atoms with van der Waals surface area (Å²) in [5, 5.41) is 0.696. The summed E-state index contributed by atoms with van der Waals surface area (Å²) in [5.74, 6) is 0.860. The standard InChI is InChI=1S/C20H15ClN2O/c1-24-18-9-6-15(7-10-18)14-2-4-16(5-3-14)19-13-23-12-17(21)8-11-20(23)22-19/h2-13H,1H3.